The van der Waals surface area contributed by atoms with Gasteiger partial charge in [0.05, 0.1) is 12.6 Å². The van der Waals surface area contributed by atoms with Gasteiger partial charge in [0.25, 0.3) is 5.91 Å². The van der Waals surface area contributed by atoms with Crippen LogP contribution in [0.2, 0.25) is 0 Å². The van der Waals surface area contributed by atoms with Crippen LogP contribution in [-0.4, -0.2) is 35.8 Å². The Labute approximate surface area is 131 Å². The molecule has 1 aliphatic heterocycles. The molecule has 1 atom stereocenters. The van der Waals surface area contributed by atoms with Gasteiger partial charge >= 0.3 is 0 Å². The third-order valence-electron chi connectivity index (χ3n) is 3.21. The number of nitrogens with one attached hydrogen (secondary N) is 1. The molecule has 1 aliphatic rings. The van der Waals surface area contributed by atoms with Crippen LogP contribution in [0, 0.1) is 14.9 Å². The zero-order chi connectivity index (χ0) is 14.5. The number of rotatable bonds is 3. The topological polar surface area (TPSA) is 73.2 Å². The Hall–Kier alpha value is -1.62. The fraction of sp³-hybridized carbons (Fsp3) is 0.357. The van der Waals surface area contributed by atoms with Crippen LogP contribution in [0.4, 0.5) is 0 Å². The van der Waals surface area contributed by atoms with E-state index in [1.807, 2.05) is 6.07 Å². The van der Waals surface area contributed by atoms with Gasteiger partial charge in [0.2, 0.25) is 5.91 Å². The first-order valence-electron chi connectivity index (χ1n) is 6.34. The van der Waals surface area contributed by atoms with Gasteiger partial charge in [-0.3, -0.25) is 9.59 Å². The number of benzene rings is 1. The van der Waals surface area contributed by atoms with Crippen molar-refractivity contribution in [1.29, 1.82) is 5.26 Å². The van der Waals surface area contributed by atoms with E-state index >= 15 is 0 Å². The van der Waals surface area contributed by atoms with Gasteiger partial charge in [-0.25, -0.2) is 0 Å². The molecule has 1 N–H and O–H groups in total. The SMILES string of the molecule is N#C[C@H]1CCCN1C(=O)CNC(=O)c1cccc(I)c1. The van der Waals surface area contributed by atoms with Crippen molar-refractivity contribution in [2.75, 3.05) is 13.1 Å². The maximum Gasteiger partial charge on any atom is 0.251 e. The molecule has 1 aromatic carbocycles. The van der Waals surface area contributed by atoms with Gasteiger partial charge in [0.15, 0.2) is 0 Å². The Bertz CT molecular complexity index is 568. The molecular formula is C14H14IN3O2. The van der Waals surface area contributed by atoms with Crippen molar-refractivity contribution < 1.29 is 9.59 Å². The summed E-state index contributed by atoms with van der Waals surface area (Å²) in [6.07, 6.45) is 1.56. The largest absolute Gasteiger partial charge is 0.343 e. The summed E-state index contributed by atoms with van der Waals surface area (Å²) in [5, 5.41) is 11.5. The summed E-state index contributed by atoms with van der Waals surface area (Å²) < 4.78 is 0.964. The molecule has 104 valence electrons. The highest BCUT2D eigenvalue weighted by molar-refractivity contribution is 14.1. The van der Waals surface area contributed by atoms with Gasteiger partial charge in [0.1, 0.15) is 6.04 Å². The Balaban J connectivity index is 1.90. The summed E-state index contributed by atoms with van der Waals surface area (Å²) >= 11 is 2.13. The maximum atomic E-state index is 12.0. The van der Waals surface area contributed by atoms with Crippen molar-refractivity contribution in [3.05, 3.63) is 33.4 Å². The number of carbonyl (C=O) groups is 2. The molecule has 0 spiro atoms. The van der Waals surface area contributed by atoms with Gasteiger partial charge in [-0.1, -0.05) is 6.07 Å². The van der Waals surface area contributed by atoms with Crippen LogP contribution in [0.15, 0.2) is 24.3 Å². The van der Waals surface area contributed by atoms with Gasteiger partial charge < -0.3 is 10.2 Å². The minimum absolute atomic E-state index is 0.0670. The summed E-state index contributed by atoms with van der Waals surface area (Å²) in [6, 6.07) is 8.92. The highest BCUT2D eigenvalue weighted by Crippen LogP contribution is 2.16. The van der Waals surface area contributed by atoms with Crippen molar-refractivity contribution in [1.82, 2.24) is 10.2 Å². The second-order valence-electron chi connectivity index (χ2n) is 4.57. The average molecular weight is 383 g/mol. The molecule has 1 aromatic rings. The molecule has 0 aromatic heterocycles. The van der Waals surface area contributed by atoms with E-state index in [0.29, 0.717) is 18.5 Å². The molecule has 20 heavy (non-hydrogen) atoms. The van der Waals surface area contributed by atoms with Crippen molar-refractivity contribution in [3.8, 4) is 6.07 Å². The Kier molecular flexibility index (Phi) is 4.95. The molecule has 0 saturated carbocycles. The van der Waals surface area contributed by atoms with Crippen molar-refractivity contribution in [2.24, 2.45) is 0 Å². The van der Waals surface area contributed by atoms with Gasteiger partial charge in [-0.05, 0) is 53.6 Å². The van der Waals surface area contributed by atoms with Gasteiger partial charge in [0, 0.05) is 15.7 Å². The minimum Gasteiger partial charge on any atom is -0.343 e. The highest BCUT2D eigenvalue weighted by Gasteiger charge is 2.28. The van der Waals surface area contributed by atoms with Crippen molar-refractivity contribution in [3.63, 3.8) is 0 Å². The molecule has 0 radical (unpaired) electrons. The molecule has 2 amide bonds. The molecule has 1 saturated heterocycles. The summed E-state index contributed by atoms with van der Waals surface area (Å²) in [6.45, 7) is 0.526. The van der Waals surface area contributed by atoms with Crippen LogP contribution in [0.5, 0.6) is 0 Å². The number of likely N-dealkylation sites (tertiary alicyclic amines) is 1. The van der Waals surface area contributed by atoms with Crippen molar-refractivity contribution >= 4 is 34.4 Å². The lowest BCUT2D eigenvalue weighted by molar-refractivity contribution is -0.130. The summed E-state index contributed by atoms with van der Waals surface area (Å²) in [7, 11) is 0. The summed E-state index contributed by atoms with van der Waals surface area (Å²) in [4.78, 5) is 25.4. The standard InChI is InChI=1S/C14H14IN3O2/c15-11-4-1-3-10(7-11)14(20)17-9-13(19)18-6-2-5-12(18)8-16/h1,3-4,7,12H,2,5-6,9H2,(H,17,20)/t12-/m1/s1. The lowest BCUT2D eigenvalue weighted by Crippen LogP contribution is -2.42. The zero-order valence-corrected chi connectivity index (χ0v) is 13.0. The first-order chi connectivity index (χ1) is 9.61. The van der Waals surface area contributed by atoms with E-state index in [2.05, 4.69) is 34.0 Å². The van der Waals surface area contributed by atoms with Crippen LogP contribution in [0.3, 0.4) is 0 Å². The molecule has 1 heterocycles. The molecule has 0 bridgehead atoms. The third kappa shape index (κ3) is 3.48. The number of amides is 2. The first kappa shape index (κ1) is 14.8. The van der Waals surface area contributed by atoms with E-state index in [1.54, 1.807) is 18.2 Å². The fourth-order valence-corrected chi connectivity index (χ4v) is 2.73. The monoisotopic (exact) mass is 383 g/mol. The number of hydrogen-bond acceptors (Lipinski definition) is 3. The van der Waals surface area contributed by atoms with Crippen LogP contribution >= 0.6 is 22.6 Å². The lowest BCUT2D eigenvalue weighted by atomic mass is 10.2. The smallest absolute Gasteiger partial charge is 0.251 e. The van der Waals surface area contributed by atoms with Crippen molar-refractivity contribution in [2.45, 2.75) is 18.9 Å². The van der Waals surface area contributed by atoms with E-state index in [4.69, 9.17) is 5.26 Å². The zero-order valence-electron chi connectivity index (χ0n) is 10.8. The number of nitrogens with zero attached hydrogens (tertiary/aromatic N) is 2. The van der Waals surface area contributed by atoms with E-state index in [-0.39, 0.29) is 24.4 Å². The van der Waals surface area contributed by atoms with E-state index < -0.39 is 0 Å². The number of nitriles is 1. The van der Waals surface area contributed by atoms with E-state index in [0.717, 1.165) is 9.99 Å². The third-order valence-corrected chi connectivity index (χ3v) is 3.88. The number of carbonyl (C=O) groups excluding carboxylic acids is 2. The second kappa shape index (κ2) is 6.70. The van der Waals surface area contributed by atoms with Gasteiger partial charge in [-0.15, -0.1) is 0 Å². The van der Waals surface area contributed by atoms with Crippen LogP contribution < -0.4 is 5.32 Å². The molecule has 0 unspecified atom stereocenters. The molecule has 2 rings (SSSR count). The second-order valence-corrected chi connectivity index (χ2v) is 5.81. The predicted octanol–water partition coefficient (Wildman–Crippen LogP) is 1.54. The molecule has 1 fully saturated rings. The molecule has 0 aliphatic carbocycles. The average Bonchev–Trinajstić information content (AvgIpc) is 2.92. The molecule has 5 nitrogen and oxygen atoms in total. The molecular weight excluding hydrogens is 369 g/mol. The normalized spacial score (nSPS) is 17.6. The fourth-order valence-electron chi connectivity index (χ4n) is 2.19. The summed E-state index contributed by atoms with van der Waals surface area (Å²) in [5.74, 6) is -0.474. The van der Waals surface area contributed by atoms with Crippen LogP contribution in [0.1, 0.15) is 23.2 Å². The Morgan fingerprint density at radius 1 is 1.50 bits per heavy atom. The van der Waals surface area contributed by atoms with E-state index in [9.17, 15) is 9.59 Å². The van der Waals surface area contributed by atoms with E-state index in [1.165, 1.54) is 4.90 Å². The van der Waals surface area contributed by atoms with Crippen LogP contribution in [0.25, 0.3) is 0 Å². The van der Waals surface area contributed by atoms with Crippen LogP contribution in [-0.2, 0) is 4.79 Å². The number of halogens is 1. The molecule has 6 heteroatoms. The van der Waals surface area contributed by atoms with Gasteiger partial charge in [-0.2, -0.15) is 5.26 Å². The lowest BCUT2D eigenvalue weighted by Gasteiger charge is -2.19. The Morgan fingerprint density at radius 2 is 2.30 bits per heavy atom. The first-order valence-corrected chi connectivity index (χ1v) is 7.42. The maximum absolute atomic E-state index is 12.0. The Morgan fingerprint density at radius 3 is 3.00 bits per heavy atom. The predicted molar refractivity (Wildman–Crippen MR) is 81.8 cm³/mol. The highest BCUT2D eigenvalue weighted by atomic mass is 127. The quantitative estimate of drug-likeness (QED) is 0.805. The number of hydrogen-bond donors (Lipinski definition) is 1. The minimum atomic E-state index is -0.350. The summed E-state index contributed by atoms with van der Waals surface area (Å²) in [5.41, 5.74) is 0.531.